The molecule has 0 aliphatic carbocycles. The molecule has 7 nitrogen and oxygen atoms in total. The van der Waals surface area contributed by atoms with Gasteiger partial charge in [0, 0.05) is 32.4 Å². The molecule has 0 saturated heterocycles. The molecule has 0 spiro atoms. The van der Waals surface area contributed by atoms with Crippen LogP contribution in [0.1, 0.15) is 87.1 Å². The Labute approximate surface area is 210 Å². The van der Waals surface area contributed by atoms with Gasteiger partial charge in [0.15, 0.2) is 0 Å². The van der Waals surface area contributed by atoms with Crippen LogP contribution in [0.5, 0.6) is 5.75 Å². The first kappa shape index (κ1) is 26.8. The topological polar surface area (TPSA) is 67.7 Å². The standard InChI is InChI=1S/C28H42N4O3/c1-5-17-32-25(15-16-29-32)28(34)31-19-12-8-7-11-18-30(6-2)27(33)24-13-9-10-14-26(24)35-21-23(31)20-22(3)4/h9-10,13-16,22-23H,5-8,11-12,17-21H2,1-4H3/t23-/m0/s1. The average Bonchev–Trinajstić information content (AvgIpc) is 3.31. The molecule has 7 heteroatoms. The van der Waals surface area contributed by atoms with Crippen molar-refractivity contribution in [2.24, 2.45) is 5.92 Å². The Balaban J connectivity index is 1.94. The Morgan fingerprint density at radius 2 is 1.83 bits per heavy atom. The van der Waals surface area contributed by atoms with Gasteiger partial charge in [-0.15, -0.1) is 0 Å². The molecule has 0 saturated carbocycles. The fourth-order valence-corrected chi connectivity index (χ4v) is 4.80. The summed E-state index contributed by atoms with van der Waals surface area (Å²) < 4.78 is 8.13. The van der Waals surface area contributed by atoms with Crippen molar-refractivity contribution in [3.63, 3.8) is 0 Å². The van der Waals surface area contributed by atoms with Crippen LogP contribution in [0.4, 0.5) is 0 Å². The minimum atomic E-state index is -0.0964. The van der Waals surface area contributed by atoms with Gasteiger partial charge in [0.25, 0.3) is 11.8 Å². The van der Waals surface area contributed by atoms with Gasteiger partial charge in [-0.25, -0.2) is 0 Å². The summed E-state index contributed by atoms with van der Waals surface area (Å²) in [6.45, 7) is 11.6. The fourth-order valence-electron chi connectivity index (χ4n) is 4.80. The number of nitrogens with zero attached hydrogens (tertiary/aromatic N) is 4. The van der Waals surface area contributed by atoms with Crippen molar-refractivity contribution >= 4 is 11.8 Å². The molecular weight excluding hydrogens is 440 g/mol. The third-order valence-electron chi connectivity index (χ3n) is 6.61. The number of carbonyl (C=O) groups excluding carboxylic acids is 2. The van der Waals surface area contributed by atoms with Crippen LogP contribution in [0.15, 0.2) is 36.5 Å². The number of amides is 2. The number of ether oxygens (including phenoxy) is 1. The minimum Gasteiger partial charge on any atom is -0.491 e. The average molecular weight is 483 g/mol. The van der Waals surface area contributed by atoms with E-state index in [-0.39, 0.29) is 17.9 Å². The van der Waals surface area contributed by atoms with E-state index in [0.717, 1.165) is 51.6 Å². The highest BCUT2D eigenvalue weighted by Gasteiger charge is 2.29. The van der Waals surface area contributed by atoms with Crippen LogP contribution in [0.3, 0.4) is 0 Å². The zero-order chi connectivity index (χ0) is 25.2. The van der Waals surface area contributed by atoms with E-state index in [2.05, 4.69) is 25.9 Å². The maximum atomic E-state index is 13.8. The monoisotopic (exact) mass is 482 g/mol. The molecule has 0 bridgehead atoms. The highest BCUT2D eigenvalue weighted by molar-refractivity contribution is 5.97. The molecule has 1 atom stereocenters. The summed E-state index contributed by atoms with van der Waals surface area (Å²) in [5.41, 5.74) is 1.23. The molecule has 2 amide bonds. The van der Waals surface area contributed by atoms with Crippen LogP contribution in [0.2, 0.25) is 0 Å². The summed E-state index contributed by atoms with van der Waals surface area (Å²) in [5, 5.41) is 4.38. The van der Waals surface area contributed by atoms with Crippen molar-refractivity contribution < 1.29 is 14.3 Å². The van der Waals surface area contributed by atoms with Crippen molar-refractivity contribution in [2.45, 2.75) is 78.8 Å². The smallest absolute Gasteiger partial charge is 0.272 e. The second kappa shape index (κ2) is 13.3. The van der Waals surface area contributed by atoms with Crippen LogP contribution in [-0.2, 0) is 6.54 Å². The number of fused-ring (bicyclic) bond motifs is 1. The van der Waals surface area contributed by atoms with E-state index in [4.69, 9.17) is 4.74 Å². The lowest BCUT2D eigenvalue weighted by atomic mass is 10.0. The van der Waals surface area contributed by atoms with E-state index in [0.29, 0.717) is 42.6 Å². The molecule has 0 fully saturated rings. The van der Waals surface area contributed by atoms with Crippen LogP contribution < -0.4 is 4.74 Å². The van der Waals surface area contributed by atoms with Crippen molar-refractivity contribution in [1.29, 1.82) is 0 Å². The Kier molecular flexibility index (Phi) is 10.2. The van der Waals surface area contributed by atoms with E-state index in [1.165, 1.54) is 0 Å². The minimum absolute atomic E-state index is 0.0111. The van der Waals surface area contributed by atoms with E-state index in [1.807, 2.05) is 51.7 Å². The second-order valence-electron chi connectivity index (χ2n) is 9.83. The van der Waals surface area contributed by atoms with Crippen LogP contribution in [0, 0.1) is 5.92 Å². The molecule has 1 aliphatic rings. The number of carbonyl (C=O) groups is 2. The fraction of sp³-hybridized carbons (Fsp3) is 0.607. The van der Waals surface area contributed by atoms with E-state index in [9.17, 15) is 9.59 Å². The van der Waals surface area contributed by atoms with Crippen LogP contribution >= 0.6 is 0 Å². The third-order valence-corrected chi connectivity index (χ3v) is 6.61. The van der Waals surface area contributed by atoms with Crippen LogP contribution in [0.25, 0.3) is 0 Å². The molecule has 1 aromatic heterocycles. The van der Waals surface area contributed by atoms with E-state index in [1.54, 1.807) is 6.20 Å². The number of rotatable bonds is 6. The summed E-state index contributed by atoms with van der Waals surface area (Å²) in [4.78, 5) is 31.0. The van der Waals surface area contributed by atoms with Crippen LogP contribution in [-0.4, -0.2) is 63.7 Å². The van der Waals surface area contributed by atoms with Crippen molar-refractivity contribution in [3.8, 4) is 5.75 Å². The SMILES string of the molecule is CCCn1nccc1C(=O)N1CCCCCCN(CC)C(=O)c2ccccc2OC[C@@H]1CC(C)C. The lowest BCUT2D eigenvalue weighted by molar-refractivity contribution is 0.0554. The van der Waals surface area contributed by atoms with E-state index >= 15 is 0 Å². The van der Waals surface area contributed by atoms with Crippen molar-refractivity contribution in [1.82, 2.24) is 19.6 Å². The predicted molar refractivity (Wildman–Crippen MR) is 139 cm³/mol. The van der Waals surface area contributed by atoms with Gasteiger partial charge in [-0.2, -0.15) is 5.10 Å². The molecule has 35 heavy (non-hydrogen) atoms. The Morgan fingerprint density at radius 1 is 1.09 bits per heavy atom. The third kappa shape index (κ3) is 7.09. The summed E-state index contributed by atoms with van der Waals surface area (Å²) in [7, 11) is 0. The first-order valence-corrected chi connectivity index (χ1v) is 13.3. The summed E-state index contributed by atoms with van der Waals surface area (Å²) in [6.07, 6.45) is 7.39. The lowest BCUT2D eigenvalue weighted by Crippen LogP contribution is -2.46. The zero-order valence-corrected chi connectivity index (χ0v) is 21.9. The molecule has 0 N–H and O–H groups in total. The maximum Gasteiger partial charge on any atom is 0.272 e. The normalized spacial score (nSPS) is 18.2. The lowest BCUT2D eigenvalue weighted by Gasteiger charge is -2.33. The number of benzene rings is 1. The first-order valence-electron chi connectivity index (χ1n) is 13.3. The van der Waals surface area contributed by atoms with Gasteiger partial charge in [0.1, 0.15) is 18.1 Å². The van der Waals surface area contributed by atoms with Crippen molar-refractivity contribution in [3.05, 3.63) is 47.8 Å². The molecule has 3 rings (SSSR count). The summed E-state index contributed by atoms with van der Waals surface area (Å²) >= 11 is 0. The zero-order valence-electron chi connectivity index (χ0n) is 21.9. The first-order chi connectivity index (χ1) is 17.0. The van der Waals surface area contributed by atoms with Gasteiger partial charge < -0.3 is 14.5 Å². The molecule has 2 heterocycles. The van der Waals surface area contributed by atoms with Crippen molar-refractivity contribution in [2.75, 3.05) is 26.2 Å². The van der Waals surface area contributed by atoms with Gasteiger partial charge in [-0.3, -0.25) is 14.3 Å². The largest absolute Gasteiger partial charge is 0.491 e. The van der Waals surface area contributed by atoms with Gasteiger partial charge in [0.2, 0.25) is 0 Å². The quantitative estimate of drug-likeness (QED) is 0.563. The Bertz CT molecular complexity index is 955. The molecule has 0 unspecified atom stereocenters. The second-order valence-corrected chi connectivity index (χ2v) is 9.83. The van der Waals surface area contributed by atoms with Gasteiger partial charge in [0.05, 0.1) is 11.6 Å². The molecule has 1 aromatic carbocycles. The molecule has 2 aromatic rings. The highest BCUT2D eigenvalue weighted by Crippen LogP contribution is 2.24. The number of aryl methyl sites for hydroxylation is 1. The Morgan fingerprint density at radius 3 is 2.54 bits per heavy atom. The van der Waals surface area contributed by atoms with Gasteiger partial charge in [-0.1, -0.05) is 45.7 Å². The Hall–Kier alpha value is -2.83. The number of hydrogen-bond acceptors (Lipinski definition) is 4. The maximum absolute atomic E-state index is 13.8. The molecular formula is C28H42N4O3. The van der Waals surface area contributed by atoms with Gasteiger partial charge >= 0.3 is 0 Å². The van der Waals surface area contributed by atoms with Gasteiger partial charge in [-0.05, 0) is 56.7 Å². The molecule has 192 valence electrons. The predicted octanol–water partition coefficient (Wildman–Crippen LogP) is 5.27. The summed E-state index contributed by atoms with van der Waals surface area (Å²) in [5.74, 6) is 1.01. The number of para-hydroxylation sites is 1. The number of aromatic nitrogens is 2. The number of hydrogen-bond donors (Lipinski definition) is 0. The van der Waals surface area contributed by atoms with E-state index < -0.39 is 0 Å². The molecule has 1 aliphatic heterocycles. The molecule has 0 radical (unpaired) electrons. The highest BCUT2D eigenvalue weighted by atomic mass is 16.5. The summed E-state index contributed by atoms with van der Waals surface area (Å²) in [6, 6.07) is 9.21.